The van der Waals surface area contributed by atoms with Crippen LogP contribution in [-0.2, 0) is 22.1 Å². The van der Waals surface area contributed by atoms with E-state index in [4.69, 9.17) is 29.9 Å². The van der Waals surface area contributed by atoms with Crippen LogP contribution >= 0.6 is 0 Å². The number of amides is 1. The first-order chi connectivity index (χ1) is 23.5. The summed E-state index contributed by atoms with van der Waals surface area (Å²) in [5.41, 5.74) is 5.91. The fraction of sp³-hybridized carbons (Fsp3) is 0.500. The number of aryl methyl sites for hydroxylation is 1. The molecule has 2 fully saturated rings. The molecule has 2 saturated heterocycles. The number of rotatable bonds is 9. The molecule has 0 unspecified atom stereocenters. The van der Waals surface area contributed by atoms with E-state index in [1.165, 1.54) is 26.2 Å². The number of methoxy groups -OCH3 is 1. The van der Waals surface area contributed by atoms with Gasteiger partial charge in [-0.3, -0.25) is 4.79 Å². The van der Waals surface area contributed by atoms with E-state index in [1.54, 1.807) is 17.0 Å². The second-order valence-corrected chi connectivity index (χ2v) is 12.6. The molecule has 0 spiro atoms. The summed E-state index contributed by atoms with van der Waals surface area (Å²) in [4.78, 5) is 32.7. The summed E-state index contributed by atoms with van der Waals surface area (Å²) < 4.78 is 60.8. The van der Waals surface area contributed by atoms with Crippen molar-refractivity contribution in [2.45, 2.75) is 50.9 Å². The van der Waals surface area contributed by atoms with Crippen LogP contribution in [0.25, 0.3) is 22.2 Å². The first kappa shape index (κ1) is 34.2. The number of nitrogens with zero attached hydrogens (tertiary/aromatic N) is 7. The molecule has 1 amide bonds. The highest BCUT2D eigenvalue weighted by Crippen LogP contribution is 2.47. The standard InChI is InChI=1S/C34H39F3N8O4/c1-20-16-26(39)41-30(29(20)34(35,36)37)24-17-25-28(31-23(24)9-15-48-31)32(42-33(40-25)49-19-22-6-4-11-43(22)2)44-12-13-45(21(18-44)8-10-38)27(46)7-5-14-47-3/h5,7,16-17,21-22H,4,6,8-9,11-15,18-19H2,1-3H3,(H2,39,41)/b7-5+/t21-,22-/m0/s1. The SMILES string of the molecule is COC/C=C/C(=O)N1CCN(c2nc(OC[C@@H]3CCCN3C)nc3cc(-c4nc(N)cc(C)c4C(F)(F)F)c4c(c23)OCC4)C[C@@H]1CC#N. The normalized spacial score (nSPS) is 19.8. The number of hydrogen-bond donors (Lipinski definition) is 1. The number of benzene rings is 1. The molecule has 6 rings (SSSR count). The van der Waals surface area contributed by atoms with E-state index in [0.29, 0.717) is 54.2 Å². The van der Waals surface area contributed by atoms with Crippen LogP contribution in [0, 0.1) is 18.3 Å². The Morgan fingerprint density at radius 1 is 1.20 bits per heavy atom. The smallest absolute Gasteiger partial charge is 0.418 e. The summed E-state index contributed by atoms with van der Waals surface area (Å²) >= 11 is 0. The Kier molecular flexibility index (Phi) is 9.80. The largest absolute Gasteiger partial charge is 0.492 e. The number of nitriles is 1. The summed E-state index contributed by atoms with van der Waals surface area (Å²) in [5.74, 6) is 0.572. The number of piperazine rings is 1. The molecule has 15 heteroatoms. The van der Waals surface area contributed by atoms with E-state index >= 15 is 0 Å². The lowest BCUT2D eigenvalue weighted by atomic mass is 9.94. The lowest BCUT2D eigenvalue weighted by Crippen LogP contribution is -2.55. The highest BCUT2D eigenvalue weighted by Gasteiger charge is 2.39. The predicted octanol–water partition coefficient (Wildman–Crippen LogP) is 4.14. The van der Waals surface area contributed by atoms with Crippen LogP contribution in [0.3, 0.4) is 0 Å². The molecule has 3 aliphatic heterocycles. The average Bonchev–Trinajstić information content (AvgIpc) is 3.71. The molecule has 1 aromatic carbocycles. The van der Waals surface area contributed by atoms with Crippen LogP contribution in [0.5, 0.6) is 11.8 Å². The number of anilines is 2. The zero-order chi connectivity index (χ0) is 34.9. The first-order valence-electron chi connectivity index (χ1n) is 16.3. The van der Waals surface area contributed by atoms with Crippen LogP contribution < -0.4 is 20.1 Å². The lowest BCUT2D eigenvalue weighted by Gasteiger charge is -2.41. The number of ether oxygens (including phenoxy) is 3. The Balaban J connectivity index is 1.48. The van der Waals surface area contributed by atoms with E-state index in [1.807, 2.05) is 11.9 Å². The van der Waals surface area contributed by atoms with Crippen molar-refractivity contribution >= 4 is 28.4 Å². The van der Waals surface area contributed by atoms with Crippen molar-refractivity contribution in [2.24, 2.45) is 0 Å². The number of aromatic nitrogens is 3. The minimum Gasteiger partial charge on any atom is -0.492 e. The summed E-state index contributed by atoms with van der Waals surface area (Å²) in [6.07, 6.45) is 0.796. The van der Waals surface area contributed by atoms with Gasteiger partial charge in [0, 0.05) is 56.4 Å². The van der Waals surface area contributed by atoms with Gasteiger partial charge in [-0.1, -0.05) is 6.08 Å². The van der Waals surface area contributed by atoms with Gasteiger partial charge in [-0.25, -0.2) is 4.98 Å². The molecule has 2 N–H and O–H groups in total. The molecule has 3 aromatic rings. The molecule has 12 nitrogen and oxygen atoms in total. The molecule has 2 atom stereocenters. The number of halogens is 3. The Bertz CT molecular complexity index is 1810. The molecule has 3 aliphatic rings. The summed E-state index contributed by atoms with van der Waals surface area (Å²) in [7, 11) is 3.56. The number of pyridine rings is 1. The molecular formula is C34H39F3N8O4. The van der Waals surface area contributed by atoms with Gasteiger partial charge in [-0.15, -0.1) is 0 Å². The highest BCUT2D eigenvalue weighted by atomic mass is 19.4. The molecule has 2 aromatic heterocycles. The summed E-state index contributed by atoms with van der Waals surface area (Å²) in [5, 5.41) is 10.2. The van der Waals surface area contributed by atoms with Gasteiger partial charge >= 0.3 is 12.2 Å². The van der Waals surface area contributed by atoms with Crippen LogP contribution in [0.1, 0.15) is 36.0 Å². The van der Waals surface area contributed by atoms with Gasteiger partial charge in [0.2, 0.25) is 5.91 Å². The molecule has 260 valence electrons. The number of carbonyl (C=O) groups excluding carboxylic acids is 1. The fourth-order valence-electron chi connectivity index (χ4n) is 7.00. The molecule has 5 heterocycles. The number of nitrogens with two attached hydrogens (primary N) is 1. The second kappa shape index (κ2) is 14.0. The number of carbonyl (C=O) groups is 1. The van der Waals surface area contributed by atoms with Gasteiger partial charge in [0.15, 0.2) is 0 Å². The quantitative estimate of drug-likeness (QED) is 0.326. The molecule has 0 saturated carbocycles. The Labute approximate surface area is 282 Å². The minimum atomic E-state index is -4.69. The van der Waals surface area contributed by atoms with Crippen LogP contribution in [0.2, 0.25) is 0 Å². The van der Waals surface area contributed by atoms with Gasteiger partial charge in [-0.2, -0.15) is 28.4 Å². The number of alkyl halides is 3. The van der Waals surface area contributed by atoms with Crippen LogP contribution in [0.15, 0.2) is 24.3 Å². The van der Waals surface area contributed by atoms with Crippen molar-refractivity contribution in [3.8, 4) is 29.1 Å². The monoisotopic (exact) mass is 680 g/mol. The van der Waals surface area contributed by atoms with E-state index in [2.05, 4.69) is 16.0 Å². The van der Waals surface area contributed by atoms with Crippen molar-refractivity contribution < 1.29 is 32.2 Å². The lowest BCUT2D eigenvalue weighted by molar-refractivity contribution is -0.137. The zero-order valence-corrected chi connectivity index (χ0v) is 27.7. The molecule has 49 heavy (non-hydrogen) atoms. The molecule has 0 aliphatic carbocycles. The Morgan fingerprint density at radius 3 is 2.73 bits per heavy atom. The Hall–Kier alpha value is -4.68. The second-order valence-electron chi connectivity index (χ2n) is 12.6. The third-order valence-electron chi connectivity index (χ3n) is 9.37. The van der Waals surface area contributed by atoms with Crippen molar-refractivity contribution in [3.05, 3.63) is 41.0 Å². The maximum Gasteiger partial charge on any atom is 0.418 e. The Morgan fingerprint density at radius 2 is 2.02 bits per heavy atom. The van der Waals surface area contributed by atoms with Crippen molar-refractivity contribution in [3.63, 3.8) is 0 Å². The number of hydrogen-bond acceptors (Lipinski definition) is 11. The number of nitrogen functional groups attached to an aromatic ring is 1. The molecule has 0 bridgehead atoms. The van der Waals surface area contributed by atoms with Crippen molar-refractivity contribution in [2.75, 3.05) is 70.8 Å². The number of likely N-dealkylation sites (tertiary alicyclic amines) is 1. The predicted molar refractivity (Wildman–Crippen MR) is 176 cm³/mol. The zero-order valence-electron chi connectivity index (χ0n) is 27.7. The number of likely N-dealkylation sites (N-methyl/N-ethyl adjacent to an activating group) is 1. The molecular weight excluding hydrogens is 641 g/mol. The maximum absolute atomic E-state index is 14.5. The van der Waals surface area contributed by atoms with Crippen molar-refractivity contribution in [1.29, 1.82) is 5.26 Å². The van der Waals surface area contributed by atoms with E-state index < -0.39 is 17.8 Å². The summed E-state index contributed by atoms with van der Waals surface area (Å²) in [6.45, 7) is 4.11. The van der Waals surface area contributed by atoms with Gasteiger partial charge in [0.05, 0.1) is 53.9 Å². The van der Waals surface area contributed by atoms with Crippen LogP contribution in [0.4, 0.5) is 24.8 Å². The van der Waals surface area contributed by atoms with Crippen LogP contribution in [-0.4, -0.2) is 103 Å². The van der Waals surface area contributed by atoms with Gasteiger partial charge in [0.1, 0.15) is 24.0 Å². The van der Waals surface area contributed by atoms with Gasteiger partial charge < -0.3 is 34.6 Å². The van der Waals surface area contributed by atoms with E-state index in [0.717, 1.165) is 19.4 Å². The third kappa shape index (κ3) is 6.93. The summed E-state index contributed by atoms with van der Waals surface area (Å²) in [6, 6.07) is 4.77. The first-order valence-corrected chi connectivity index (χ1v) is 16.3. The van der Waals surface area contributed by atoms with E-state index in [-0.39, 0.29) is 66.8 Å². The highest BCUT2D eigenvalue weighted by molar-refractivity contribution is 6.00. The maximum atomic E-state index is 14.5. The van der Waals surface area contributed by atoms with E-state index in [9.17, 15) is 23.2 Å². The van der Waals surface area contributed by atoms with Gasteiger partial charge in [-0.05, 0) is 51.1 Å². The molecule has 0 radical (unpaired) electrons. The van der Waals surface area contributed by atoms with Gasteiger partial charge in [0.25, 0.3) is 0 Å². The average molecular weight is 681 g/mol. The van der Waals surface area contributed by atoms with Crippen molar-refractivity contribution in [1.82, 2.24) is 24.8 Å². The number of fused-ring (bicyclic) bond motifs is 3. The minimum absolute atomic E-state index is 0.0330. The topological polar surface area (TPSA) is 143 Å². The fourth-order valence-corrected chi connectivity index (χ4v) is 7.00. The third-order valence-corrected chi connectivity index (χ3v) is 9.37.